The summed E-state index contributed by atoms with van der Waals surface area (Å²) < 4.78 is 28.1. The highest BCUT2D eigenvalue weighted by molar-refractivity contribution is 7.89. The van der Waals surface area contributed by atoms with Crippen molar-refractivity contribution in [3.05, 3.63) is 59.7 Å². The van der Waals surface area contributed by atoms with E-state index >= 15 is 0 Å². The zero-order valence-corrected chi connectivity index (χ0v) is 18.1. The van der Waals surface area contributed by atoms with Gasteiger partial charge < -0.3 is 0 Å². The smallest absolute Gasteiger partial charge is 0.247 e. The fourth-order valence-corrected chi connectivity index (χ4v) is 4.66. The molecule has 0 unspecified atom stereocenters. The summed E-state index contributed by atoms with van der Waals surface area (Å²) in [7, 11) is -2.50. The molecule has 0 N–H and O–H groups in total. The van der Waals surface area contributed by atoms with E-state index in [0.717, 1.165) is 30.0 Å². The van der Waals surface area contributed by atoms with Crippen molar-refractivity contribution in [3.8, 4) is 0 Å². The molecule has 0 spiro atoms. The number of Topliss-reactive ketones (excluding diaryl/α,β-unsaturated/α-hetero) is 1. The van der Waals surface area contributed by atoms with Crippen molar-refractivity contribution >= 4 is 21.7 Å². The molecular weight excluding hydrogens is 402 g/mol. The van der Waals surface area contributed by atoms with Gasteiger partial charge in [0.05, 0.1) is 17.5 Å². The largest absolute Gasteiger partial charge is 0.295 e. The maximum atomic E-state index is 12.9. The van der Waals surface area contributed by atoms with Gasteiger partial charge in [-0.2, -0.15) is 4.31 Å². The highest BCUT2D eigenvalue weighted by Crippen LogP contribution is 2.19. The van der Waals surface area contributed by atoms with Crippen LogP contribution in [-0.4, -0.2) is 48.6 Å². The van der Waals surface area contributed by atoms with E-state index in [1.54, 1.807) is 18.3 Å². The van der Waals surface area contributed by atoms with Crippen molar-refractivity contribution in [2.24, 2.45) is 4.99 Å². The van der Waals surface area contributed by atoms with Gasteiger partial charge >= 0.3 is 0 Å². The standard InChI is InChI=1S/C22H27N3O4S/c1-17(26)18-11-13-20(14-12-18)30(28,29)24(2)16-22(27)25-15-7-6-10-21(25)23-19-8-4-3-5-9-19/h6-7,10-15,19H,3-5,8-9,16H2,1-2H3. The molecule has 0 atom stereocenters. The normalized spacial score (nSPS) is 16.0. The summed E-state index contributed by atoms with van der Waals surface area (Å²) in [5.74, 6) is -0.520. The molecule has 8 heteroatoms. The lowest BCUT2D eigenvalue weighted by molar-refractivity contribution is 0.0886. The summed E-state index contributed by atoms with van der Waals surface area (Å²) in [4.78, 5) is 29.1. The number of pyridine rings is 1. The highest BCUT2D eigenvalue weighted by Gasteiger charge is 2.24. The van der Waals surface area contributed by atoms with Gasteiger partial charge in [-0.25, -0.2) is 8.42 Å². The van der Waals surface area contributed by atoms with Gasteiger partial charge in [0.2, 0.25) is 15.9 Å². The number of ketones is 1. The fraction of sp³-hybridized carbons (Fsp3) is 0.409. The Hall–Kier alpha value is -2.58. The lowest BCUT2D eigenvalue weighted by Gasteiger charge is -2.19. The average Bonchev–Trinajstić information content (AvgIpc) is 2.74. The molecule has 1 aromatic carbocycles. The molecule has 1 fully saturated rings. The number of carbonyl (C=O) groups excluding carboxylic acids is 2. The molecule has 3 rings (SSSR count). The van der Waals surface area contributed by atoms with Crippen LogP contribution in [0.2, 0.25) is 0 Å². The Morgan fingerprint density at radius 2 is 1.73 bits per heavy atom. The van der Waals surface area contributed by atoms with Crippen molar-refractivity contribution in [1.29, 1.82) is 0 Å². The van der Waals surface area contributed by atoms with E-state index < -0.39 is 10.0 Å². The molecule has 7 nitrogen and oxygen atoms in total. The summed E-state index contributed by atoms with van der Waals surface area (Å²) in [6.45, 7) is 1.10. The minimum atomic E-state index is -3.87. The number of rotatable bonds is 6. The zero-order chi connectivity index (χ0) is 21.7. The minimum Gasteiger partial charge on any atom is -0.295 e. The number of benzene rings is 1. The van der Waals surface area contributed by atoms with E-state index in [-0.39, 0.29) is 29.2 Å². The van der Waals surface area contributed by atoms with Crippen LogP contribution in [0.1, 0.15) is 54.2 Å². The third-order valence-corrected chi connectivity index (χ3v) is 7.14. The van der Waals surface area contributed by atoms with Crippen LogP contribution in [0.4, 0.5) is 0 Å². The van der Waals surface area contributed by atoms with Gasteiger partial charge in [0.1, 0.15) is 5.49 Å². The highest BCUT2D eigenvalue weighted by atomic mass is 32.2. The maximum Gasteiger partial charge on any atom is 0.247 e. The van der Waals surface area contributed by atoms with Gasteiger partial charge in [-0.3, -0.25) is 19.1 Å². The lowest BCUT2D eigenvalue weighted by atomic mass is 9.96. The molecule has 1 aliphatic rings. The van der Waals surface area contributed by atoms with Gasteiger partial charge in [0.25, 0.3) is 0 Å². The first-order valence-corrected chi connectivity index (χ1v) is 11.5. The second-order valence-electron chi connectivity index (χ2n) is 7.59. The Balaban J connectivity index is 1.80. The molecule has 0 bridgehead atoms. The first-order valence-electron chi connectivity index (χ1n) is 10.1. The van der Waals surface area contributed by atoms with Crippen molar-refractivity contribution in [2.45, 2.75) is 50.0 Å². The van der Waals surface area contributed by atoms with E-state index in [1.807, 2.05) is 6.07 Å². The van der Waals surface area contributed by atoms with Crippen molar-refractivity contribution in [2.75, 3.05) is 13.6 Å². The van der Waals surface area contributed by atoms with Crippen molar-refractivity contribution < 1.29 is 18.0 Å². The van der Waals surface area contributed by atoms with E-state index in [4.69, 9.17) is 4.99 Å². The summed E-state index contributed by atoms with van der Waals surface area (Å²) in [5, 5.41) is 0. The SMILES string of the molecule is CC(=O)c1ccc(S(=O)(=O)N(C)CC(=O)n2ccccc2=NC2CCCCC2)cc1. The monoisotopic (exact) mass is 429 g/mol. The predicted molar refractivity (Wildman–Crippen MR) is 114 cm³/mol. The molecule has 1 saturated carbocycles. The number of likely N-dealkylation sites (N-methyl/N-ethyl adjacent to an activating group) is 1. The first-order chi connectivity index (χ1) is 14.3. The van der Waals surface area contributed by atoms with Crippen molar-refractivity contribution in [1.82, 2.24) is 8.87 Å². The summed E-state index contributed by atoms with van der Waals surface area (Å²) in [5.41, 5.74) is 0.979. The molecule has 0 amide bonds. The van der Waals surface area contributed by atoms with Crippen LogP contribution in [0.3, 0.4) is 0 Å². The maximum absolute atomic E-state index is 12.9. The minimum absolute atomic E-state index is 0.0352. The molecule has 0 aliphatic heterocycles. The molecule has 1 heterocycles. The molecule has 30 heavy (non-hydrogen) atoms. The average molecular weight is 430 g/mol. The number of hydrogen-bond donors (Lipinski definition) is 0. The summed E-state index contributed by atoms with van der Waals surface area (Å²) >= 11 is 0. The van der Waals surface area contributed by atoms with Gasteiger partial charge in [-0.05, 0) is 44.0 Å². The van der Waals surface area contributed by atoms with Crippen LogP contribution < -0.4 is 5.49 Å². The third kappa shape index (κ3) is 5.12. The molecule has 0 radical (unpaired) electrons. The second kappa shape index (κ2) is 9.49. The van der Waals surface area contributed by atoms with Crippen LogP contribution >= 0.6 is 0 Å². The van der Waals surface area contributed by atoms with Crippen molar-refractivity contribution in [3.63, 3.8) is 0 Å². The zero-order valence-electron chi connectivity index (χ0n) is 17.3. The molecule has 0 saturated heterocycles. The predicted octanol–water partition coefficient (Wildman–Crippen LogP) is 2.89. The van der Waals surface area contributed by atoms with E-state index in [2.05, 4.69) is 0 Å². The third-order valence-electron chi connectivity index (χ3n) is 5.32. The molecule has 160 valence electrons. The van der Waals surface area contributed by atoms with Crippen LogP contribution in [0, 0.1) is 0 Å². The molecule has 1 aliphatic carbocycles. The van der Waals surface area contributed by atoms with Gasteiger partial charge in [-0.15, -0.1) is 0 Å². The lowest BCUT2D eigenvalue weighted by Crippen LogP contribution is -2.38. The van der Waals surface area contributed by atoms with E-state index in [9.17, 15) is 18.0 Å². The first kappa shape index (κ1) is 22.1. The Labute approximate surface area is 177 Å². The van der Waals surface area contributed by atoms with Gasteiger partial charge in [0, 0.05) is 18.8 Å². The number of nitrogens with zero attached hydrogens (tertiary/aromatic N) is 3. The number of aromatic nitrogens is 1. The molecular formula is C22H27N3O4S. The van der Waals surface area contributed by atoms with Crippen LogP contribution in [0.25, 0.3) is 0 Å². The van der Waals surface area contributed by atoms with Gasteiger partial charge in [-0.1, -0.05) is 37.5 Å². The second-order valence-corrected chi connectivity index (χ2v) is 9.63. The molecule has 1 aromatic heterocycles. The fourth-order valence-electron chi connectivity index (χ4n) is 3.54. The quantitative estimate of drug-likeness (QED) is 0.661. The Morgan fingerprint density at radius 3 is 2.37 bits per heavy atom. The van der Waals surface area contributed by atoms with Crippen LogP contribution in [-0.2, 0) is 10.0 Å². The number of carbonyl (C=O) groups is 2. The Morgan fingerprint density at radius 1 is 1.07 bits per heavy atom. The Bertz CT molecular complexity index is 1080. The van der Waals surface area contributed by atoms with Gasteiger partial charge in [0.15, 0.2) is 5.78 Å². The summed E-state index contributed by atoms with van der Waals surface area (Å²) in [6, 6.07) is 11.2. The van der Waals surface area contributed by atoms with Crippen LogP contribution in [0.15, 0.2) is 58.5 Å². The number of hydrogen-bond acceptors (Lipinski definition) is 5. The van der Waals surface area contributed by atoms with E-state index in [1.165, 1.54) is 49.2 Å². The van der Waals surface area contributed by atoms with E-state index in [0.29, 0.717) is 11.1 Å². The summed E-state index contributed by atoms with van der Waals surface area (Å²) in [6.07, 6.45) is 7.12. The topological polar surface area (TPSA) is 88.8 Å². The molecule has 2 aromatic rings. The number of sulfonamides is 1. The Kier molecular flexibility index (Phi) is 6.99. The van der Waals surface area contributed by atoms with Crippen LogP contribution in [0.5, 0.6) is 0 Å².